The van der Waals surface area contributed by atoms with Gasteiger partial charge < -0.3 is 15.4 Å². The van der Waals surface area contributed by atoms with E-state index in [4.69, 9.17) is 10.5 Å². The van der Waals surface area contributed by atoms with Gasteiger partial charge in [0.1, 0.15) is 6.04 Å². The number of imide groups is 1. The number of amides is 3. The first-order valence-corrected chi connectivity index (χ1v) is 12.3. The number of fused-ring (bicyclic) bond motifs is 1. The summed E-state index contributed by atoms with van der Waals surface area (Å²) in [4.78, 5) is 41.0. The maximum atomic E-state index is 13.0. The van der Waals surface area contributed by atoms with Crippen molar-refractivity contribution in [3.8, 4) is 0 Å². The fourth-order valence-electron chi connectivity index (χ4n) is 6.29. The summed E-state index contributed by atoms with van der Waals surface area (Å²) in [7, 11) is 0. The minimum atomic E-state index is -0.574. The van der Waals surface area contributed by atoms with Crippen molar-refractivity contribution in [2.75, 3.05) is 26.3 Å². The first-order chi connectivity index (χ1) is 16.0. The number of carbonyl (C=O) groups excluding carboxylic acids is 3. The standard InChI is InChI=1S/C25H34N4O4/c26-16-25(8-11-33-12-9-25)21-3-1-2-10-28(21)14-17-4-5-19-18(13-17)15-29(24(19)32)20-6-7-22(30)27-23(20)31/h4-5,13,20-21H,1-3,6-12,14-16,26H2,(H,27,30,31). The quantitative estimate of drug-likeness (QED) is 0.655. The largest absolute Gasteiger partial charge is 0.381 e. The van der Waals surface area contributed by atoms with Crippen LogP contribution in [0.4, 0.5) is 0 Å². The van der Waals surface area contributed by atoms with Gasteiger partial charge in [-0.25, -0.2) is 0 Å². The summed E-state index contributed by atoms with van der Waals surface area (Å²) in [6.07, 6.45) is 6.30. The normalized spacial score (nSPS) is 28.0. The zero-order valence-corrected chi connectivity index (χ0v) is 19.2. The van der Waals surface area contributed by atoms with Crippen molar-refractivity contribution in [1.29, 1.82) is 0 Å². The second kappa shape index (κ2) is 9.16. The minimum Gasteiger partial charge on any atom is -0.381 e. The van der Waals surface area contributed by atoms with E-state index in [-0.39, 0.29) is 29.6 Å². The Kier molecular flexibility index (Phi) is 6.24. The van der Waals surface area contributed by atoms with Crippen LogP contribution in [0.3, 0.4) is 0 Å². The highest BCUT2D eigenvalue weighted by atomic mass is 16.5. The first-order valence-electron chi connectivity index (χ1n) is 12.3. The van der Waals surface area contributed by atoms with Gasteiger partial charge in [-0.2, -0.15) is 0 Å². The Morgan fingerprint density at radius 3 is 2.70 bits per heavy atom. The van der Waals surface area contributed by atoms with E-state index in [1.54, 1.807) is 4.90 Å². The Balaban J connectivity index is 1.32. The van der Waals surface area contributed by atoms with Gasteiger partial charge in [0.2, 0.25) is 11.8 Å². The average Bonchev–Trinajstić information content (AvgIpc) is 3.15. The van der Waals surface area contributed by atoms with Gasteiger partial charge in [-0.3, -0.25) is 24.6 Å². The Morgan fingerprint density at radius 2 is 1.94 bits per heavy atom. The molecular weight excluding hydrogens is 420 g/mol. The highest BCUT2D eigenvalue weighted by Crippen LogP contribution is 2.41. The van der Waals surface area contributed by atoms with Crippen LogP contribution >= 0.6 is 0 Å². The van der Waals surface area contributed by atoms with Crippen molar-refractivity contribution >= 4 is 17.7 Å². The molecule has 4 aliphatic rings. The molecule has 0 aliphatic carbocycles. The summed E-state index contributed by atoms with van der Waals surface area (Å²) in [5, 5.41) is 2.37. The van der Waals surface area contributed by atoms with Gasteiger partial charge in [0, 0.05) is 49.7 Å². The van der Waals surface area contributed by atoms with Gasteiger partial charge in [-0.05, 0) is 62.4 Å². The van der Waals surface area contributed by atoms with Crippen LogP contribution in [0.1, 0.15) is 66.4 Å². The van der Waals surface area contributed by atoms with E-state index in [9.17, 15) is 14.4 Å². The van der Waals surface area contributed by atoms with E-state index >= 15 is 0 Å². The van der Waals surface area contributed by atoms with Gasteiger partial charge in [0.25, 0.3) is 5.91 Å². The Hall–Kier alpha value is -2.29. The molecular formula is C25H34N4O4. The fourth-order valence-corrected chi connectivity index (χ4v) is 6.29. The SMILES string of the molecule is NCC1(C2CCCCN2Cc2ccc3c(c2)CN(C2CCC(=O)NC2=O)C3=O)CCOCC1. The van der Waals surface area contributed by atoms with E-state index in [2.05, 4.69) is 22.3 Å². The third kappa shape index (κ3) is 4.20. The van der Waals surface area contributed by atoms with Crippen molar-refractivity contribution < 1.29 is 19.1 Å². The van der Waals surface area contributed by atoms with Gasteiger partial charge in [-0.15, -0.1) is 0 Å². The number of hydrogen-bond donors (Lipinski definition) is 2. The lowest BCUT2D eigenvalue weighted by molar-refractivity contribution is -0.136. The Labute approximate surface area is 194 Å². The number of nitrogens with zero attached hydrogens (tertiary/aromatic N) is 2. The summed E-state index contributed by atoms with van der Waals surface area (Å²) in [5.74, 6) is -0.753. The highest BCUT2D eigenvalue weighted by molar-refractivity contribution is 6.05. The lowest BCUT2D eigenvalue weighted by atomic mass is 9.70. The summed E-state index contributed by atoms with van der Waals surface area (Å²) >= 11 is 0. The van der Waals surface area contributed by atoms with Crippen molar-refractivity contribution in [2.45, 2.75) is 70.1 Å². The fraction of sp³-hybridized carbons (Fsp3) is 0.640. The molecule has 5 rings (SSSR count). The molecule has 2 unspecified atom stereocenters. The zero-order valence-electron chi connectivity index (χ0n) is 19.2. The number of nitrogens with two attached hydrogens (primary N) is 1. The molecule has 4 aliphatic heterocycles. The molecule has 178 valence electrons. The molecule has 3 saturated heterocycles. The number of benzene rings is 1. The third-order valence-electron chi connectivity index (χ3n) is 8.19. The number of ether oxygens (including phenoxy) is 1. The molecule has 0 aromatic heterocycles. The lowest BCUT2D eigenvalue weighted by Gasteiger charge is -2.50. The summed E-state index contributed by atoms with van der Waals surface area (Å²) < 4.78 is 5.65. The molecule has 2 atom stereocenters. The molecule has 0 saturated carbocycles. The first kappa shape index (κ1) is 22.5. The number of piperidine rings is 2. The van der Waals surface area contributed by atoms with Crippen molar-refractivity contribution in [2.24, 2.45) is 11.1 Å². The molecule has 0 bridgehead atoms. The highest BCUT2D eigenvalue weighted by Gasteiger charge is 2.43. The van der Waals surface area contributed by atoms with Gasteiger partial charge in [-0.1, -0.05) is 18.6 Å². The number of nitrogens with one attached hydrogen (secondary N) is 1. The molecule has 1 aromatic rings. The van der Waals surface area contributed by atoms with Crippen LogP contribution in [0.25, 0.3) is 0 Å². The minimum absolute atomic E-state index is 0.119. The van der Waals surface area contributed by atoms with Crippen molar-refractivity contribution in [1.82, 2.24) is 15.1 Å². The number of rotatable bonds is 5. The van der Waals surface area contributed by atoms with Crippen molar-refractivity contribution in [3.05, 3.63) is 34.9 Å². The molecule has 4 heterocycles. The van der Waals surface area contributed by atoms with E-state index < -0.39 is 6.04 Å². The molecule has 1 aromatic carbocycles. The average molecular weight is 455 g/mol. The van der Waals surface area contributed by atoms with E-state index in [1.165, 1.54) is 24.8 Å². The smallest absolute Gasteiger partial charge is 0.255 e. The van der Waals surface area contributed by atoms with E-state index in [1.807, 2.05) is 6.07 Å². The molecule has 0 radical (unpaired) electrons. The van der Waals surface area contributed by atoms with Gasteiger partial charge in [0.05, 0.1) is 0 Å². The van der Waals surface area contributed by atoms with Crippen LogP contribution in [-0.2, 0) is 27.4 Å². The van der Waals surface area contributed by atoms with Crippen molar-refractivity contribution in [3.63, 3.8) is 0 Å². The van der Waals surface area contributed by atoms with Crippen LogP contribution < -0.4 is 11.1 Å². The van der Waals surface area contributed by atoms with Crippen LogP contribution in [-0.4, -0.2) is 65.9 Å². The molecule has 3 amide bonds. The van der Waals surface area contributed by atoms with Gasteiger partial charge in [0.15, 0.2) is 0 Å². The topological polar surface area (TPSA) is 105 Å². The zero-order chi connectivity index (χ0) is 23.0. The predicted octanol–water partition coefficient (Wildman–Crippen LogP) is 1.56. The lowest BCUT2D eigenvalue weighted by Crippen LogP contribution is -2.55. The summed E-state index contributed by atoms with van der Waals surface area (Å²) in [5.41, 5.74) is 9.29. The number of carbonyl (C=O) groups is 3. The molecule has 8 heteroatoms. The molecule has 3 N–H and O–H groups in total. The molecule has 3 fully saturated rings. The predicted molar refractivity (Wildman–Crippen MR) is 122 cm³/mol. The second-order valence-corrected chi connectivity index (χ2v) is 10.1. The Bertz CT molecular complexity index is 942. The van der Waals surface area contributed by atoms with Crippen LogP contribution in [0.2, 0.25) is 0 Å². The Morgan fingerprint density at radius 1 is 1.12 bits per heavy atom. The number of likely N-dealkylation sites (tertiary alicyclic amines) is 1. The third-order valence-corrected chi connectivity index (χ3v) is 8.19. The summed E-state index contributed by atoms with van der Waals surface area (Å²) in [6.45, 7) is 4.59. The van der Waals surface area contributed by atoms with E-state index in [0.29, 0.717) is 31.1 Å². The molecule has 8 nitrogen and oxygen atoms in total. The van der Waals surface area contributed by atoms with Crippen LogP contribution in [0, 0.1) is 5.41 Å². The van der Waals surface area contributed by atoms with E-state index in [0.717, 1.165) is 44.7 Å². The number of hydrogen-bond acceptors (Lipinski definition) is 6. The van der Waals surface area contributed by atoms with Crippen LogP contribution in [0.15, 0.2) is 18.2 Å². The monoisotopic (exact) mass is 454 g/mol. The van der Waals surface area contributed by atoms with Gasteiger partial charge >= 0.3 is 0 Å². The molecule has 0 spiro atoms. The maximum absolute atomic E-state index is 13.0. The second-order valence-electron chi connectivity index (χ2n) is 10.1. The maximum Gasteiger partial charge on any atom is 0.255 e. The van der Waals surface area contributed by atoms with Crippen LogP contribution in [0.5, 0.6) is 0 Å². The summed E-state index contributed by atoms with van der Waals surface area (Å²) in [6, 6.07) is 5.97. The molecule has 33 heavy (non-hydrogen) atoms.